The van der Waals surface area contributed by atoms with E-state index < -0.39 is 0 Å². The zero-order valence-electron chi connectivity index (χ0n) is 9.06. The number of rotatable bonds is 2. The molecule has 0 fully saturated rings. The van der Waals surface area contributed by atoms with Crippen molar-refractivity contribution in [3.05, 3.63) is 17.7 Å². The molecule has 1 amide bonds. The first-order valence-electron chi connectivity index (χ1n) is 4.98. The summed E-state index contributed by atoms with van der Waals surface area (Å²) in [7, 11) is 3.49. The van der Waals surface area contributed by atoms with Gasteiger partial charge in [-0.3, -0.25) is 4.79 Å². The van der Waals surface area contributed by atoms with Gasteiger partial charge in [0.25, 0.3) is 0 Å². The Bertz CT molecular complexity index is 373. The lowest BCUT2D eigenvalue weighted by Gasteiger charge is -2.26. The third kappa shape index (κ3) is 1.87. The fourth-order valence-electron chi connectivity index (χ4n) is 1.84. The Hall–Kier alpha value is -1.36. The number of methoxy groups -OCH3 is 1. The average molecular weight is 209 g/mol. The average Bonchev–Trinajstić information content (AvgIpc) is 2.60. The predicted octanol–water partition coefficient (Wildman–Crippen LogP) is -0.0488. The summed E-state index contributed by atoms with van der Waals surface area (Å²) in [5, 5.41) is 0. The van der Waals surface area contributed by atoms with Crippen molar-refractivity contribution in [2.75, 3.05) is 20.3 Å². The van der Waals surface area contributed by atoms with Crippen molar-refractivity contribution in [1.29, 1.82) is 0 Å². The molecule has 0 N–H and O–H groups in total. The molecule has 15 heavy (non-hydrogen) atoms. The molecule has 0 saturated heterocycles. The van der Waals surface area contributed by atoms with E-state index in [1.54, 1.807) is 6.33 Å². The fourth-order valence-corrected chi connectivity index (χ4v) is 1.84. The molecule has 2 rings (SSSR count). The smallest absolute Gasteiger partial charge is 0.248 e. The third-order valence-corrected chi connectivity index (χ3v) is 2.73. The minimum atomic E-state index is 0.0457. The summed E-state index contributed by atoms with van der Waals surface area (Å²) in [4.78, 5) is 17.7. The normalized spacial score (nSPS) is 15.2. The van der Waals surface area contributed by atoms with Crippen LogP contribution in [0.1, 0.15) is 11.4 Å². The van der Waals surface area contributed by atoms with Gasteiger partial charge in [-0.2, -0.15) is 0 Å². The van der Waals surface area contributed by atoms with Crippen LogP contribution >= 0.6 is 0 Å². The number of hydrogen-bond acceptors (Lipinski definition) is 3. The van der Waals surface area contributed by atoms with Crippen LogP contribution in [0.2, 0.25) is 0 Å². The van der Waals surface area contributed by atoms with Crippen molar-refractivity contribution >= 4 is 5.91 Å². The number of nitrogens with zero attached hydrogens (tertiary/aromatic N) is 3. The van der Waals surface area contributed by atoms with Crippen molar-refractivity contribution < 1.29 is 9.53 Å². The summed E-state index contributed by atoms with van der Waals surface area (Å²) in [6.45, 7) is 1.55. The molecule has 1 aliphatic rings. The van der Waals surface area contributed by atoms with Gasteiger partial charge in [-0.05, 0) is 0 Å². The summed E-state index contributed by atoms with van der Waals surface area (Å²) >= 11 is 0. The van der Waals surface area contributed by atoms with Gasteiger partial charge in [0.1, 0.15) is 6.61 Å². The van der Waals surface area contributed by atoms with E-state index in [1.165, 1.54) is 7.11 Å². The summed E-state index contributed by atoms with van der Waals surface area (Å²) < 4.78 is 6.82. The molecule has 0 saturated carbocycles. The molecular weight excluding hydrogens is 194 g/mol. The number of imidazole rings is 1. The molecule has 1 aromatic heterocycles. The van der Waals surface area contributed by atoms with E-state index in [1.807, 2.05) is 16.5 Å². The van der Waals surface area contributed by atoms with Gasteiger partial charge in [0.2, 0.25) is 5.91 Å². The maximum atomic E-state index is 11.6. The van der Waals surface area contributed by atoms with Gasteiger partial charge in [-0.1, -0.05) is 0 Å². The Morgan fingerprint density at radius 3 is 3.20 bits per heavy atom. The van der Waals surface area contributed by atoms with Crippen LogP contribution in [-0.2, 0) is 29.5 Å². The van der Waals surface area contributed by atoms with E-state index in [-0.39, 0.29) is 12.5 Å². The predicted molar refractivity (Wildman–Crippen MR) is 54.2 cm³/mol. The zero-order valence-corrected chi connectivity index (χ0v) is 9.06. The van der Waals surface area contributed by atoms with E-state index in [2.05, 4.69) is 4.98 Å². The van der Waals surface area contributed by atoms with Gasteiger partial charge >= 0.3 is 0 Å². The molecule has 0 radical (unpaired) electrons. The van der Waals surface area contributed by atoms with Crippen molar-refractivity contribution in [2.45, 2.75) is 13.0 Å². The molecule has 0 aromatic carbocycles. The minimum absolute atomic E-state index is 0.0457. The van der Waals surface area contributed by atoms with Crippen molar-refractivity contribution in [3.63, 3.8) is 0 Å². The lowest BCUT2D eigenvalue weighted by atomic mass is 10.1. The quantitative estimate of drug-likeness (QED) is 0.686. The highest BCUT2D eigenvalue weighted by Gasteiger charge is 2.23. The first-order chi connectivity index (χ1) is 7.22. The van der Waals surface area contributed by atoms with E-state index >= 15 is 0 Å². The maximum Gasteiger partial charge on any atom is 0.248 e. The summed E-state index contributed by atoms with van der Waals surface area (Å²) in [5.41, 5.74) is 2.24. The number of fused-ring (bicyclic) bond motifs is 1. The van der Waals surface area contributed by atoms with E-state index in [9.17, 15) is 4.79 Å². The highest BCUT2D eigenvalue weighted by molar-refractivity contribution is 5.77. The number of aryl methyl sites for hydroxylation is 1. The molecule has 82 valence electrons. The molecular formula is C10H15N3O2. The van der Waals surface area contributed by atoms with E-state index in [0.717, 1.165) is 24.4 Å². The Morgan fingerprint density at radius 2 is 2.47 bits per heavy atom. The van der Waals surface area contributed by atoms with Gasteiger partial charge in [-0.25, -0.2) is 4.98 Å². The van der Waals surface area contributed by atoms with Crippen LogP contribution in [0.15, 0.2) is 6.33 Å². The SMILES string of the molecule is COCC(=O)N1CCc2ncn(C)c2C1. The molecule has 0 atom stereocenters. The molecule has 1 aliphatic heterocycles. The number of hydrogen-bond donors (Lipinski definition) is 0. The lowest BCUT2D eigenvalue weighted by molar-refractivity contribution is -0.136. The van der Waals surface area contributed by atoms with Crippen LogP contribution in [0.5, 0.6) is 0 Å². The second-order valence-corrected chi connectivity index (χ2v) is 3.75. The topological polar surface area (TPSA) is 47.4 Å². The van der Waals surface area contributed by atoms with Crippen molar-refractivity contribution in [1.82, 2.24) is 14.5 Å². The molecule has 1 aromatic rings. The minimum Gasteiger partial charge on any atom is -0.375 e. The molecule has 5 nitrogen and oxygen atoms in total. The van der Waals surface area contributed by atoms with Gasteiger partial charge in [0, 0.05) is 27.1 Å². The first-order valence-corrected chi connectivity index (χ1v) is 4.98. The Labute approximate surface area is 88.7 Å². The van der Waals surface area contributed by atoms with Crippen LogP contribution in [0, 0.1) is 0 Å². The molecule has 0 spiro atoms. The zero-order chi connectivity index (χ0) is 10.8. The number of carbonyl (C=O) groups is 1. The Morgan fingerprint density at radius 1 is 1.67 bits per heavy atom. The van der Waals surface area contributed by atoms with Crippen LogP contribution in [0.25, 0.3) is 0 Å². The second kappa shape index (κ2) is 4.02. The van der Waals surface area contributed by atoms with Gasteiger partial charge in [0.15, 0.2) is 0 Å². The number of amides is 1. The van der Waals surface area contributed by atoms with Gasteiger partial charge in [-0.15, -0.1) is 0 Å². The van der Waals surface area contributed by atoms with Gasteiger partial charge in [0.05, 0.1) is 24.3 Å². The molecule has 5 heteroatoms. The number of ether oxygens (including phenoxy) is 1. The monoisotopic (exact) mass is 209 g/mol. The van der Waals surface area contributed by atoms with Crippen molar-refractivity contribution in [2.24, 2.45) is 7.05 Å². The van der Waals surface area contributed by atoms with Crippen molar-refractivity contribution in [3.8, 4) is 0 Å². The highest BCUT2D eigenvalue weighted by atomic mass is 16.5. The molecule has 0 bridgehead atoms. The van der Waals surface area contributed by atoms with Gasteiger partial charge < -0.3 is 14.2 Å². The Kier molecular flexibility index (Phi) is 2.73. The lowest BCUT2D eigenvalue weighted by Crippen LogP contribution is -2.38. The largest absolute Gasteiger partial charge is 0.375 e. The van der Waals surface area contributed by atoms with Crippen LogP contribution < -0.4 is 0 Å². The van der Waals surface area contributed by atoms with E-state index in [4.69, 9.17) is 4.74 Å². The number of aromatic nitrogens is 2. The van der Waals surface area contributed by atoms with Crippen LogP contribution in [-0.4, -0.2) is 40.6 Å². The highest BCUT2D eigenvalue weighted by Crippen LogP contribution is 2.16. The summed E-state index contributed by atoms with van der Waals surface area (Å²) in [6, 6.07) is 0. The van der Waals surface area contributed by atoms with Crippen LogP contribution in [0.3, 0.4) is 0 Å². The molecule has 2 heterocycles. The summed E-state index contributed by atoms with van der Waals surface area (Å²) in [5.74, 6) is 0.0457. The fraction of sp³-hybridized carbons (Fsp3) is 0.600. The van der Waals surface area contributed by atoms with E-state index in [0.29, 0.717) is 6.54 Å². The molecule has 0 aliphatic carbocycles. The summed E-state index contributed by atoms with van der Waals surface area (Å²) in [6.07, 6.45) is 2.64. The molecule has 0 unspecified atom stereocenters. The Balaban J connectivity index is 2.11. The third-order valence-electron chi connectivity index (χ3n) is 2.73. The standard InChI is InChI=1S/C10H15N3O2/c1-12-7-11-8-3-4-13(5-9(8)12)10(14)6-15-2/h7H,3-6H2,1-2H3. The second-order valence-electron chi connectivity index (χ2n) is 3.75. The first kappa shape index (κ1) is 10.2. The number of carbonyl (C=O) groups excluding carboxylic acids is 1. The maximum absolute atomic E-state index is 11.6. The van der Waals surface area contributed by atoms with Crippen LogP contribution in [0.4, 0.5) is 0 Å².